The predicted molar refractivity (Wildman–Crippen MR) is 105 cm³/mol. The minimum atomic E-state index is -0.816. The van der Waals surface area contributed by atoms with Crippen molar-refractivity contribution in [3.8, 4) is 0 Å². The van der Waals surface area contributed by atoms with Gasteiger partial charge in [-0.2, -0.15) is 0 Å². The zero-order valence-corrected chi connectivity index (χ0v) is 16.1. The van der Waals surface area contributed by atoms with Crippen LogP contribution in [0.3, 0.4) is 0 Å². The van der Waals surface area contributed by atoms with Gasteiger partial charge in [0.25, 0.3) is 0 Å². The number of rotatable bonds is 7. The fraction of sp³-hybridized carbons (Fsp3) is 0.364. The molecule has 2 N–H and O–H groups in total. The molecular weight excluding hydrogens is 342 g/mol. The molecular formula is C22H27NO4. The van der Waals surface area contributed by atoms with Gasteiger partial charge in [0, 0.05) is 6.54 Å². The van der Waals surface area contributed by atoms with Gasteiger partial charge in [-0.15, -0.1) is 0 Å². The van der Waals surface area contributed by atoms with Crippen LogP contribution in [-0.4, -0.2) is 22.8 Å². The number of carbonyl (C=O) groups excluding carboxylic acids is 1. The Morgan fingerprint density at radius 1 is 0.852 bits per heavy atom. The first-order valence-electron chi connectivity index (χ1n) is 9.05. The molecule has 5 heteroatoms. The van der Waals surface area contributed by atoms with Crippen molar-refractivity contribution < 1.29 is 19.4 Å². The first-order chi connectivity index (χ1) is 12.7. The van der Waals surface area contributed by atoms with Gasteiger partial charge in [0.2, 0.25) is 0 Å². The van der Waals surface area contributed by atoms with Gasteiger partial charge in [-0.05, 0) is 55.9 Å². The molecule has 2 aromatic rings. The third kappa shape index (κ3) is 7.94. The van der Waals surface area contributed by atoms with Crippen LogP contribution in [0, 0.1) is 0 Å². The molecule has 144 valence electrons. The van der Waals surface area contributed by atoms with Gasteiger partial charge in [-0.1, -0.05) is 48.5 Å². The molecule has 0 spiro atoms. The van der Waals surface area contributed by atoms with E-state index in [4.69, 9.17) is 9.84 Å². The monoisotopic (exact) mass is 369 g/mol. The van der Waals surface area contributed by atoms with E-state index < -0.39 is 17.7 Å². The zero-order valence-electron chi connectivity index (χ0n) is 16.1. The van der Waals surface area contributed by atoms with Gasteiger partial charge in [-0.25, -0.2) is 4.79 Å². The highest BCUT2D eigenvalue weighted by molar-refractivity contribution is 5.70. The first kappa shape index (κ1) is 20.5. The van der Waals surface area contributed by atoms with Gasteiger partial charge >= 0.3 is 12.1 Å². The fourth-order valence-electron chi connectivity index (χ4n) is 2.60. The third-order valence-corrected chi connectivity index (χ3v) is 3.94. The minimum Gasteiger partial charge on any atom is -0.481 e. The molecule has 0 unspecified atom stereocenters. The summed E-state index contributed by atoms with van der Waals surface area (Å²) in [5, 5.41) is 11.5. The summed E-state index contributed by atoms with van der Waals surface area (Å²) < 4.78 is 5.22. The van der Waals surface area contributed by atoms with Crippen LogP contribution in [0.5, 0.6) is 0 Å². The molecule has 0 radical (unpaired) electrons. The average Bonchev–Trinajstić information content (AvgIpc) is 2.58. The summed E-state index contributed by atoms with van der Waals surface area (Å²) in [7, 11) is 0. The van der Waals surface area contributed by atoms with Crippen molar-refractivity contribution >= 4 is 12.1 Å². The van der Waals surface area contributed by atoms with E-state index in [1.807, 2.05) is 57.2 Å². The topological polar surface area (TPSA) is 75.6 Å². The number of ether oxygens (including phenoxy) is 1. The van der Waals surface area contributed by atoms with Crippen molar-refractivity contribution in [2.75, 3.05) is 0 Å². The Hall–Kier alpha value is -2.82. The number of aliphatic carboxylic acids is 1. The number of carbonyl (C=O) groups is 2. The number of benzene rings is 2. The minimum absolute atomic E-state index is 0.0546. The molecule has 0 saturated heterocycles. The maximum atomic E-state index is 11.7. The largest absolute Gasteiger partial charge is 0.481 e. The molecule has 5 nitrogen and oxygen atoms in total. The second-order valence-electron chi connectivity index (χ2n) is 7.56. The number of hydrogen-bond donors (Lipinski definition) is 2. The molecule has 0 atom stereocenters. The molecule has 0 heterocycles. The van der Waals surface area contributed by atoms with Gasteiger partial charge in [0.05, 0.1) is 6.42 Å². The number of hydrogen-bond acceptors (Lipinski definition) is 3. The quantitative estimate of drug-likeness (QED) is 0.770. The second kappa shape index (κ2) is 9.21. The van der Waals surface area contributed by atoms with Gasteiger partial charge in [0.1, 0.15) is 5.60 Å². The highest BCUT2D eigenvalue weighted by Gasteiger charge is 2.15. The van der Waals surface area contributed by atoms with Crippen LogP contribution in [0.15, 0.2) is 48.5 Å². The Bertz CT molecular complexity index is 758. The Morgan fingerprint density at radius 3 is 1.74 bits per heavy atom. The zero-order chi connectivity index (χ0) is 19.9. The van der Waals surface area contributed by atoms with Crippen LogP contribution in [0.2, 0.25) is 0 Å². The van der Waals surface area contributed by atoms with Crippen LogP contribution >= 0.6 is 0 Å². The average molecular weight is 369 g/mol. The van der Waals surface area contributed by atoms with Crippen LogP contribution in [0.1, 0.15) is 43.0 Å². The second-order valence-corrected chi connectivity index (χ2v) is 7.56. The summed E-state index contributed by atoms with van der Waals surface area (Å²) in [5.41, 5.74) is 3.72. The lowest BCUT2D eigenvalue weighted by atomic mass is 10.0. The van der Waals surface area contributed by atoms with Crippen molar-refractivity contribution in [3.63, 3.8) is 0 Å². The summed E-state index contributed by atoms with van der Waals surface area (Å²) in [4.78, 5) is 22.4. The van der Waals surface area contributed by atoms with Crippen LogP contribution in [0.4, 0.5) is 4.79 Å². The van der Waals surface area contributed by atoms with Crippen molar-refractivity contribution in [1.82, 2.24) is 5.32 Å². The Labute approximate surface area is 160 Å². The molecule has 0 fully saturated rings. The van der Waals surface area contributed by atoms with Crippen molar-refractivity contribution in [3.05, 3.63) is 70.8 Å². The number of amides is 1. The number of carboxylic acids is 1. The summed E-state index contributed by atoms with van der Waals surface area (Å²) in [6.45, 7) is 5.93. The normalized spacial score (nSPS) is 11.1. The van der Waals surface area contributed by atoms with E-state index in [1.165, 1.54) is 11.1 Å². The maximum Gasteiger partial charge on any atom is 0.407 e. The lowest BCUT2D eigenvalue weighted by molar-refractivity contribution is -0.136. The van der Waals surface area contributed by atoms with Crippen molar-refractivity contribution in [2.45, 2.75) is 52.2 Å². The number of alkyl carbamates (subject to hydrolysis) is 1. The molecule has 1 amide bonds. The smallest absolute Gasteiger partial charge is 0.407 e. The van der Waals surface area contributed by atoms with E-state index in [0.717, 1.165) is 24.0 Å². The molecule has 0 aliphatic rings. The lowest BCUT2D eigenvalue weighted by Gasteiger charge is -2.19. The summed E-state index contributed by atoms with van der Waals surface area (Å²) in [5.74, 6) is -0.816. The van der Waals surface area contributed by atoms with Crippen molar-refractivity contribution in [2.24, 2.45) is 0 Å². The summed E-state index contributed by atoms with van der Waals surface area (Å²) in [6.07, 6.45) is 1.43. The van der Waals surface area contributed by atoms with E-state index in [2.05, 4.69) is 17.4 Å². The van der Waals surface area contributed by atoms with Crippen LogP contribution in [-0.2, 0) is 35.3 Å². The third-order valence-electron chi connectivity index (χ3n) is 3.94. The molecule has 0 bridgehead atoms. The van der Waals surface area contributed by atoms with Crippen LogP contribution in [0.25, 0.3) is 0 Å². The standard InChI is InChI=1S/C22H27NO4/c1-22(2,3)27-21(26)23-15-19-12-8-17(9-13-19)5-4-16-6-10-18(11-7-16)14-20(24)25/h6-13H,4-5,14-15H2,1-3H3,(H,23,26)(H,24,25). The van der Waals surface area contributed by atoms with Crippen molar-refractivity contribution in [1.29, 1.82) is 0 Å². The van der Waals surface area contributed by atoms with Gasteiger partial charge in [0.15, 0.2) is 0 Å². The molecule has 0 aromatic heterocycles. The molecule has 2 rings (SSSR count). The molecule has 0 saturated carbocycles. The fourth-order valence-corrected chi connectivity index (χ4v) is 2.60. The van der Waals surface area contributed by atoms with E-state index >= 15 is 0 Å². The Balaban J connectivity index is 1.80. The molecule has 27 heavy (non-hydrogen) atoms. The van der Waals surface area contributed by atoms with E-state index in [0.29, 0.717) is 6.54 Å². The van der Waals surface area contributed by atoms with E-state index in [9.17, 15) is 9.59 Å². The summed E-state index contributed by atoms with van der Waals surface area (Å²) >= 11 is 0. The molecule has 0 aliphatic heterocycles. The van der Waals surface area contributed by atoms with E-state index in [-0.39, 0.29) is 6.42 Å². The highest BCUT2D eigenvalue weighted by Crippen LogP contribution is 2.12. The first-order valence-corrected chi connectivity index (χ1v) is 9.05. The van der Waals surface area contributed by atoms with Crippen LogP contribution < -0.4 is 5.32 Å². The molecule has 2 aromatic carbocycles. The summed E-state index contributed by atoms with van der Waals surface area (Å²) in [6, 6.07) is 15.8. The Morgan fingerprint density at radius 2 is 1.30 bits per heavy atom. The predicted octanol–water partition coefficient (Wildman–Crippen LogP) is 4.12. The van der Waals surface area contributed by atoms with E-state index in [1.54, 1.807) is 0 Å². The van der Waals surface area contributed by atoms with Gasteiger partial charge in [-0.3, -0.25) is 4.79 Å². The SMILES string of the molecule is CC(C)(C)OC(=O)NCc1ccc(CCc2ccc(CC(=O)O)cc2)cc1. The van der Waals surface area contributed by atoms with Gasteiger partial charge < -0.3 is 15.2 Å². The number of nitrogens with one attached hydrogen (secondary N) is 1. The number of aryl methyl sites for hydroxylation is 2. The molecule has 0 aliphatic carbocycles. The highest BCUT2D eigenvalue weighted by atomic mass is 16.6. The Kier molecular flexibility index (Phi) is 6.99. The lowest BCUT2D eigenvalue weighted by Crippen LogP contribution is -2.32. The number of carboxylic acid groups (broad SMARTS) is 1. The maximum absolute atomic E-state index is 11.7.